The zero-order valence-corrected chi connectivity index (χ0v) is 17.6. The molecule has 0 fully saturated rings. The Morgan fingerprint density at radius 3 is 1.81 bits per heavy atom. The number of hydrogen-bond donors (Lipinski definition) is 2. The van der Waals surface area contributed by atoms with E-state index in [1.807, 2.05) is 12.5 Å². The number of aromatic amines is 1. The fraction of sp³-hybridized carbons (Fsp3) is 0.870. The molecule has 1 aromatic heterocycles. The van der Waals surface area contributed by atoms with Gasteiger partial charge in [0.15, 0.2) is 0 Å². The molecule has 0 spiro atoms. The number of aromatic nitrogens is 2. The van der Waals surface area contributed by atoms with Crippen molar-refractivity contribution in [3.63, 3.8) is 0 Å². The standard InChI is InChI=1S/C23H44N2O/c1-3-4-5-6-7-8-9-10-11-12-13-14-15-16-23(26)18-17-22(2)25-20-19-24-21-25/h19-23,26H,3-18H2,1-2H3/p+1. The van der Waals surface area contributed by atoms with Crippen LogP contribution in [0.1, 0.15) is 123 Å². The van der Waals surface area contributed by atoms with Crippen LogP contribution in [0.2, 0.25) is 0 Å². The SMILES string of the molecule is CCCCCCCCCCCCCCCC(O)CCC(C)[n+]1cc[nH]c1. The molecule has 3 heteroatoms. The van der Waals surface area contributed by atoms with Gasteiger partial charge in [-0.3, -0.25) is 4.98 Å². The Bertz CT molecular complexity index is 391. The number of aliphatic hydroxyl groups is 1. The highest BCUT2D eigenvalue weighted by Gasteiger charge is 2.12. The molecule has 0 aliphatic heterocycles. The summed E-state index contributed by atoms with van der Waals surface area (Å²) >= 11 is 0. The molecule has 3 nitrogen and oxygen atoms in total. The first-order valence-electron chi connectivity index (χ1n) is 11.5. The van der Waals surface area contributed by atoms with Crippen molar-refractivity contribution in [3.8, 4) is 0 Å². The van der Waals surface area contributed by atoms with E-state index in [-0.39, 0.29) is 6.10 Å². The van der Waals surface area contributed by atoms with Crippen molar-refractivity contribution in [1.29, 1.82) is 0 Å². The number of hydrogen-bond acceptors (Lipinski definition) is 1. The first kappa shape index (κ1) is 23.2. The molecule has 0 bridgehead atoms. The maximum atomic E-state index is 10.2. The van der Waals surface area contributed by atoms with Gasteiger partial charge in [-0.1, -0.05) is 90.4 Å². The van der Waals surface area contributed by atoms with Gasteiger partial charge >= 0.3 is 0 Å². The largest absolute Gasteiger partial charge is 0.393 e. The topological polar surface area (TPSA) is 39.9 Å². The van der Waals surface area contributed by atoms with Gasteiger partial charge in [-0.2, -0.15) is 0 Å². The van der Waals surface area contributed by atoms with Crippen molar-refractivity contribution in [2.75, 3.05) is 0 Å². The highest BCUT2D eigenvalue weighted by atomic mass is 16.3. The average Bonchev–Trinajstić information content (AvgIpc) is 3.18. The molecule has 1 aromatic rings. The van der Waals surface area contributed by atoms with Gasteiger partial charge in [0.05, 0.1) is 12.1 Å². The second kappa shape index (κ2) is 16.4. The molecule has 2 unspecified atom stereocenters. The molecule has 1 heterocycles. The van der Waals surface area contributed by atoms with E-state index < -0.39 is 0 Å². The van der Waals surface area contributed by atoms with Crippen molar-refractivity contribution in [2.45, 2.75) is 129 Å². The van der Waals surface area contributed by atoms with E-state index in [1.54, 1.807) is 0 Å². The second-order valence-electron chi connectivity index (χ2n) is 8.17. The molecule has 2 N–H and O–H groups in total. The van der Waals surface area contributed by atoms with Gasteiger partial charge in [0.2, 0.25) is 6.33 Å². The van der Waals surface area contributed by atoms with Crippen LogP contribution in [-0.4, -0.2) is 16.2 Å². The van der Waals surface area contributed by atoms with E-state index in [9.17, 15) is 5.11 Å². The van der Waals surface area contributed by atoms with Crippen molar-refractivity contribution in [2.24, 2.45) is 0 Å². The number of nitrogens with zero attached hydrogens (tertiary/aromatic N) is 1. The maximum Gasteiger partial charge on any atom is 0.241 e. The van der Waals surface area contributed by atoms with Crippen molar-refractivity contribution in [1.82, 2.24) is 4.98 Å². The predicted molar refractivity (Wildman–Crippen MR) is 111 cm³/mol. The van der Waals surface area contributed by atoms with Gasteiger partial charge in [-0.25, -0.2) is 4.57 Å². The third-order valence-corrected chi connectivity index (χ3v) is 5.63. The molecule has 0 aliphatic carbocycles. The molecule has 0 aliphatic rings. The van der Waals surface area contributed by atoms with Crippen molar-refractivity contribution in [3.05, 3.63) is 18.7 Å². The highest BCUT2D eigenvalue weighted by Crippen LogP contribution is 2.15. The Kier molecular flexibility index (Phi) is 14.6. The van der Waals surface area contributed by atoms with Gasteiger partial charge < -0.3 is 5.11 Å². The normalized spacial score (nSPS) is 13.8. The molecule has 1 rings (SSSR count). The minimum Gasteiger partial charge on any atom is -0.393 e. The number of imidazole rings is 1. The summed E-state index contributed by atoms with van der Waals surface area (Å²) in [6.07, 6.45) is 26.8. The van der Waals surface area contributed by atoms with Crippen molar-refractivity contribution >= 4 is 0 Å². The van der Waals surface area contributed by atoms with Crippen LogP contribution >= 0.6 is 0 Å². The van der Waals surface area contributed by atoms with Crippen molar-refractivity contribution < 1.29 is 9.67 Å². The molecule has 0 radical (unpaired) electrons. The summed E-state index contributed by atoms with van der Waals surface area (Å²) in [7, 11) is 0. The van der Waals surface area contributed by atoms with Crippen LogP contribution in [0.4, 0.5) is 0 Å². The molecule has 2 atom stereocenters. The molecule has 0 aromatic carbocycles. The van der Waals surface area contributed by atoms with E-state index in [4.69, 9.17) is 0 Å². The molecule has 152 valence electrons. The summed E-state index contributed by atoms with van der Waals surface area (Å²) in [5, 5.41) is 10.2. The molecule has 0 saturated carbocycles. The fourth-order valence-corrected chi connectivity index (χ4v) is 3.70. The fourth-order valence-electron chi connectivity index (χ4n) is 3.70. The number of aliphatic hydroxyl groups excluding tert-OH is 1. The minimum absolute atomic E-state index is 0.121. The predicted octanol–water partition coefficient (Wildman–Crippen LogP) is 6.49. The third kappa shape index (κ3) is 12.5. The van der Waals surface area contributed by atoms with Crippen LogP contribution in [0.5, 0.6) is 0 Å². The lowest BCUT2D eigenvalue weighted by atomic mass is 10.0. The first-order valence-corrected chi connectivity index (χ1v) is 11.5. The Morgan fingerprint density at radius 1 is 0.769 bits per heavy atom. The monoisotopic (exact) mass is 365 g/mol. The molecule has 26 heavy (non-hydrogen) atoms. The highest BCUT2D eigenvalue weighted by molar-refractivity contribution is 4.61. The van der Waals surface area contributed by atoms with E-state index in [0.717, 1.165) is 19.3 Å². The number of rotatable bonds is 18. The Balaban J connectivity index is 1.81. The van der Waals surface area contributed by atoms with E-state index >= 15 is 0 Å². The Labute approximate surface area is 162 Å². The lowest BCUT2D eigenvalue weighted by Crippen LogP contribution is -2.35. The summed E-state index contributed by atoms with van der Waals surface area (Å²) in [5.74, 6) is 0. The summed E-state index contributed by atoms with van der Waals surface area (Å²) in [4.78, 5) is 3.08. The molecule has 0 saturated heterocycles. The smallest absolute Gasteiger partial charge is 0.241 e. The number of unbranched alkanes of at least 4 members (excludes halogenated alkanes) is 12. The average molecular weight is 366 g/mol. The van der Waals surface area contributed by atoms with Crippen LogP contribution in [0.25, 0.3) is 0 Å². The van der Waals surface area contributed by atoms with Gasteiger partial charge in [0.25, 0.3) is 0 Å². The molecule has 0 amide bonds. The van der Waals surface area contributed by atoms with Crippen LogP contribution in [0.15, 0.2) is 18.7 Å². The van der Waals surface area contributed by atoms with Gasteiger partial charge in [0.1, 0.15) is 12.4 Å². The van der Waals surface area contributed by atoms with E-state index in [2.05, 4.69) is 29.6 Å². The van der Waals surface area contributed by atoms with Crippen LogP contribution in [0.3, 0.4) is 0 Å². The lowest BCUT2D eigenvalue weighted by molar-refractivity contribution is -0.719. The number of nitrogens with one attached hydrogen (secondary N) is 1. The molecular formula is C23H45N2O+. The van der Waals surface area contributed by atoms with Gasteiger partial charge in [-0.15, -0.1) is 0 Å². The van der Waals surface area contributed by atoms with Gasteiger partial charge in [-0.05, 0) is 26.2 Å². The quantitative estimate of drug-likeness (QED) is 0.227. The summed E-state index contributed by atoms with van der Waals surface area (Å²) in [5.41, 5.74) is 0. The summed E-state index contributed by atoms with van der Waals surface area (Å²) < 4.78 is 2.18. The summed E-state index contributed by atoms with van der Waals surface area (Å²) in [6.45, 7) is 4.50. The maximum absolute atomic E-state index is 10.2. The molecular weight excluding hydrogens is 320 g/mol. The third-order valence-electron chi connectivity index (χ3n) is 5.63. The first-order chi connectivity index (χ1) is 12.7. The van der Waals surface area contributed by atoms with Crippen LogP contribution < -0.4 is 4.57 Å². The zero-order valence-electron chi connectivity index (χ0n) is 17.6. The second-order valence-corrected chi connectivity index (χ2v) is 8.17. The summed E-state index contributed by atoms with van der Waals surface area (Å²) in [6, 6.07) is 0.461. The lowest BCUT2D eigenvalue weighted by Gasteiger charge is -2.13. The number of H-pyrrole nitrogens is 1. The Morgan fingerprint density at radius 2 is 1.31 bits per heavy atom. The minimum atomic E-state index is -0.121. The van der Waals surface area contributed by atoms with E-state index in [1.165, 1.54) is 83.5 Å². The zero-order chi connectivity index (χ0) is 18.9. The van der Waals surface area contributed by atoms with Crippen LogP contribution in [-0.2, 0) is 0 Å². The van der Waals surface area contributed by atoms with Gasteiger partial charge in [0, 0.05) is 0 Å². The Hall–Kier alpha value is -0.830. The van der Waals surface area contributed by atoms with E-state index in [0.29, 0.717) is 6.04 Å². The van der Waals surface area contributed by atoms with Crippen LogP contribution in [0, 0.1) is 0 Å².